The van der Waals surface area contributed by atoms with Crippen molar-refractivity contribution in [1.82, 2.24) is 4.90 Å². The minimum Gasteiger partial charge on any atom is -0.389 e. The van der Waals surface area contributed by atoms with Gasteiger partial charge in [-0.2, -0.15) is 0 Å². The summed E-state index contributed by atoms with van der Waals surface area (Å²) in [6, 6.07) is 0. The molecule has 1 unspecified atom stereocenters. The van der Waals surface area contributed by atoms with Crippen LogP contribution < -0.4 is 5.73 Å². The third kappa shape index (κ3) is 6.36. The number of hydrogen-bond donors (Lipinski definition) is 2. The van der Waals surface area contributed by atoms with Crippen LogP contribution in [0.15, 0.2) is 0 Å². The average molecular weight is 244 g/mol. The molecule has 1 rings (SSSR count). The maximum Gasteiger partial charge on any atom is 0.0900 e. The molecule has 17 heavy (non-hydrogen) atoms. The van der Waals surface area contributed by atoms with E-state index in [1.807, 2.05) is 0 Å². The highest BCUT2D eigenvalue weighted by Gasteiger charge is 2.19. The topological polar surface area (TPSA) is 58.7 Å². The molecule has 1 fully saturated rings. The Bertz CT molecular complexity index is 182. The number of aliphatic hydroxyl groups excluding tert-OH is 1. The predicted molar refractivity (Wildman–Crippen MR) is 70.0 cm³/mol. The van der Waals surface area contributed by atoms with Gasteiger partial charge in [-0.25, -0.2) is 0 Å². The SMILES string of the molecule is CCCCOCC(O)CN1CCC(CN)CC1. The summed E-state index contributed by atoms with van der Waals surface area (Å²) in [5.74, 6) is 0.684. The van der Waals surface area contributed by atoms with Crippen LogP contribution in [0.25, 0.3) is 0 Å². The summed E-state index contributed by atoms with van der Waals surface area (Å²) in [7, 11) is 0. The summed E-state index contributed by atoms with van der Waals surface area (Å²) < 4.78 is 5.42. The fourth-order valence-corrected chi connectivity index (χ4v) is 2.22. The second-order valence-corrected chi connectivity index (χ2v) is 5.06. The van der Waals surface area contributed by atoms with E-state index in [-0.39, 0.29) is 6.10 Å². The number of piperidine rings is 1. The minimum absolute atomic E-state index is 0.346. The van der Waals surface area contributed by atoms with Gasteiger partial charge in [0.25, 0.3) is 0 Å². The Labute approximate surface area is 105 Å². The monoisotopic (exact) mass is 244 g/mol. The van der Waals surface area contributed by atoms with Gasteiger partial charge >= 0.3 is 0 Å². The summed E-state index contributed by atoms with van der Waals surface area (Å²) in [6.07, 6.45) is 4.21. The number of nitrogens with zero attached hydrogens (tertiary/aromatic N) is 1. The first-order chi connectivity index (χ1) is 8.26. The Morgan fingerprint density at radius 3 is 2.71 bits per heavy atom. The van der Waals surface area contributed by atoms with Crippen LogP contribution in [0.4, 0.5) is 0 Å². The van der Waals surface area contributed by atoms with Crippen molar-refractivity contribution in [3.05, 3.63) is 0 Å². The van der Waals surface area contributed by atoms with Crippen molar-refractivity contribution in [2.45, 2.75) is 38.7 Å². The molecule has 0 amide bonds. The molecule has 0 aliphatic carbocycles. The van der Waals surface area contributed by atoms with Gasteiger partial charge in [-0.15, -0.1) is 0 Å². The van der Waals surface area contributed by atoms with Crippen molar-refractivity contribution >= 4 is 0 Å². The molecule has 1 heterocycles. The van der Waals surface area contributed by atoms with Crippen LogP contribution in [-0.2, 0) is 4.74 Å². The van der Waals surface area contributed by atoms with Crippen LogP contribution in [-0.4, -0.2) is 55.5 Å². The van der Waals surface area contributed by atoms with Crippen molar-refractivity contribution in [3.8, 4) is 0 Å². The molecule has 0 radical (unpaired) electrons. The molecule has 1 atom stereocenters. The van der Waals surface area contributed by atoms with E-state index >= 15 is 0 Å². The van der Waals surface area contributed by atoms with Crippen LogP contribution in [0.2, 0.25) is 0 Å². The Morgan fingerprint density at radius 1 is 1.41 bits per heavy atom. The van der Waals surface area contributed by atoms with Crippen LogP contribution in [0, 0.1) is 5.92 Å². The van der Waals surface area contributed by atoms with E-state index in [0.29, 0.717) is 12.5 Å². The van der Waals surface area contributed by atoms with E-state index in [1.165, 1.54) is 12.8 Å². The Balaban J connectivity index is 2.04. The molecule has 0 aromatic carbocycles. The summed E-state index contributed by atoms with van der Waals surface area (Å²) in [5.41, 5.74) is 5.66. The summed E-state index contributed by atoms with van der Waals surface area (Å²) in [5, 5.41) is 9.83. The van der Waals surface area contributed by atoms with Gasteiger partial charge < -0.3 is 20.5 Å². The quantitative estimate of drug-likeness (QED) is 0.621. The molecule has 0 spiro atoms. The fourth-order valence-electron chi connectivity index (χ4n) is 2.22. The lowest BCUT2D eigenvalue weighted by Crippen LogP contribution is -2.41. The summed E-state index contributed by atoms with van der Waals surface area (Å²) in [4.78, 5) is 2.32. The maximum atomic E-state index is 9.83. The van der Waals surface area contributed by atoms with Gasteiger partial charge in [-0.05, 0) is 44.8 Å². The highest BCUT2D eigenvalue weighted by atomic mass is 16.5. The third-order valence-corrected chi connectivity index (χ3v) is 3.46. The van der Waals surface area contributed by atoms with Crippen molar-refractivity contribution in [1.29, 1.82) is 0 Å². The van der Waals surface area contributed by atoms with Gasteiger partial charge in [0, 0.05) is 13.2 Å². The molecule has 0 aromatic heterocycles. The molecule has 4 heteroatoms. The first kappa shape index (κ1) is 14.9. The normalized spacial score (nSPS) is 20.6. The lowest BCUT2D eigenvalue weighted by atomic mass is 9.97. The largest absolute Gasteiger partial charge is 0.389 e. The molecule has 3 N–H and O–H groups in total. The summed E-state index contributed by atoms with van der Waals surface area (Å²) >= 11 is 0. The Morgan fingerprint density at radius 2 is 2.12 bits per heavy atom. The number of aliphatic hydroxyl groups is 1. The number of ether oxygens (including phenoxy) is 1. The fraction of sp³-hybridized carbons (Fsp3) is 1.00. The van der Waals surface area contributed by atoms with Gasteiger partial charge in [0.05, 0.1) is 12.7 Å². The first-order valence-electron chi connectivity index (χ1n) is 6.94. The number of rotatable bonds is 8. The highest BCUT2D eigenvalue weighted by Crippen LogP contribution is 2.15. The number of β-amino-alcohol motifs (C(OH)–C–C–N with tert-alkyl or cyclic N) is 1. The molecule has 1 aliphatic heterocycles. The van der Waals surface area contributed by atoms with Crippen LogP contribution >= 0.6 is 0 Å². The van der Waals surface area contributed by atoms with E-state index in [2.05, 4.69) is 11.8 Å². The van der Waals surface area contributed by atoms with Crippen LogP contribution in [0.5, 0.6) is 0 Å². The number of nitrogens with two attached hydrogens (primary N) is 1. The van der Waals surface area contributed by atoms with Gasteiger partial charge in [-0.1, -0.05) is 13.3 Å². The molecule has 0 aromatic rings. The minimum atomic E-state index is -0.346. The van der Waals surface area contributed by atoms with Crippen LogP contribution in [0.1, 0.15) is 32.6 Å². The van der Waals surface area contributed by atoms with Gasteiger partial charge in [0.2, 0.25) is 0 Å². The van der Waals surface area contributed by atoms with Gasteiger partial charge in [0.1, 0.15) is 0 Å². The third-order valence-electron chi connectivity index (χ3n) is 3.46. The molecular weight excluding hydrogens is 216 g/mol. The van der Waals surface area contributed by atoms with Crippen molar-refractivity contribution < 1.29 is 9.84 Å². The zero-order valence-electron chi connectivity index (χ0n) is 11.1. The number of unbranched alkanes of at least 4 members (excludes halogenated alkanes) is 1. The standard InChI is InChI=1S/C13H28N2O2/c1-2-3-8-17-11-13(16)10-15-6-4-12(9-14)5-7-15/h12-13,16H,2-11,14H2,1H3. The predicted octanol–water partition coefficient (Wildman–Crippen LogP) is 0.835. The molecule has 4 nitrogen and oxygen atoms in total. The van der Waals surface area contributed by atoms with E-state index in [1.54, 1.807) is 0 Å². The smallest absolute Gasteiger partial charge is 0.0900 e. The van der Waals surface area contributed by atoms with Crippen molar-refractivity contribution in [3.63, 3.8) is 0 Å². The number of hydrogen-bond acceptors (Lipinski definition) is 4. The lowest BCUT2D eigenvalue weighted by molar-refractivity contribution is 0.0102. The van der Waals surface area contributed by atoms with Crippen molar-refractivity contribution in [2.75, 3.05) is 39.4 Å². The van der Waals surface area contributed by atoms with Crippen LogP contribution in [0.3, 0.4) is 0 Å². The first-order valence-corrected chi connectivity index (χ1v) is 6.94. The molecule has 1 aliphatic rings. The van der Waals surface area contributed by atoms with E-state index in [9.17, 15) is 5.11 Å². The zero-order valence-corrected chi connectivity index (χ0v) is 11.1. The van der Waals surface area contributed by atoms with E-state index in [4.69, 9.17) is 10.5 Å². The molecule has 102 valence electrons. The highest BCUT2D eigenvalue weighted by molar-refractivity contribution is 4.74. The van der Waals surface area contributed by atoms with Gasteiger partial charge in [0.15, 0.2) is 0 Å². The molecule has 0 bridgehead atoms. The average Bonchev–Trinajstić information content (AvgIpc) is 2.36. The van der Waals surface area contributed by atoms with Gasteiger partial charge in [-0.3, -0.25) is 0 Å². The molecule has 0 saturated carbocycles. The zero-order chi connectivity index (χ0) is 12.5. The Kier molecular flexibility index (Phi) is 7.77. The Hall–Kier alpha value is -0.160. The van der Waals surface area contributed by atoms with E-state index < -0.39 is 0 Å². The number of likely N-dealkylation sites (tertiary alicyclic amines) is 1. The second kappa shape index (κ2) is 8.86. The maximum absolute atomic E-state index is 9.83. The lowest BCUT2D eigenvalue weighted by Gasteiger charge is -2.32. The van der Waals surface area contributed by atoms with Crippen molar-refractivity contribution in [2.24, 2.45) is 11.7 Å². The molecule has 1 saturated heterocycles. The summed E-state index contributed by atoms with van der Waals surface area (Å²) in [6.45, 7) is 7.04. The molecular formula is C13H28N2O2. The second-order valence-electron chi connectivity index (χ2n) is 5.06. The van der Waals surface area contributed by atoms with E-state index in [0.717, 1.165) is 45.6 Å².